The molecule has 2 aromatic carbocycles. The number of carbonyl (C=O) groups excluding carboxylic acids is 1. The number of hydrogen-bond acceptors (Lipinski definition) is 5. The van der Waals surface area contributed by atoms with E-state index in [1.54, 1.807) is 42.6 Å². The summed E-state index contributed by atoms with van der Waals surface area (Å²) in [4.78, 5) is 17.2. The van der Waals surface area contributed by atoms with Crippen molar-refractivity contribution in [1.29, 1.82) is 0 Å². The Labute approximate surface area is 198 Å². The Morgan fingerprint density at radius 3 is 2.55 bits per heavy atom. The number of carbonyl (C=O) groups is 1. The summed E-state index contributed by atoms with van der Waals surface area (Å²) in [6, 6.07) is 10.0. The second-order valence-corrected chi connectivity index (χ2v) is 8.24. The van der Waals surface area contributed by atoms with Crippen LogP contribution in [0, 0.1) is 0 Å². The lowest BCUT2D eigenvalue weighted by Crippen LogP contribution is -2.59. The zero-order valence-corrected chi connectivity index (χ0v) is 19.2. The van der Waals surface area contributed by atoms with Crippen LogP contribution in [0.1, 0.15) is 6.92 Å². The van der Waals surface area contributed by atoms with Crippen molar-refractivity contribution in [1.82, 2.24) is 9.88 Å². The van der Waals surface area contributed by atoms with E-state index < -0.39 is 19.0 Å². The summed E-state index contributed by atoms with van der Waals surface area (Å²) in [5.41, 5.74) is 1.57. The molecule has 0 aliphatic carbocycles. The van der Waals surface area contributed by atoms with Gasteiger partial charge in [-0.15, -0.1) is 0 Å². The molecule has 11 heteroatoms. The predicted molar refractivity (Wildman–Crippen MR) is 127 cm³/mol. The third-order valence-corrected chi connectivity index (χ3v) is 5.55. The van der Waals surface area contributed by atoms with Crippen molar-refractivity contribution >= 4 is 57.1 Å². The molecule has 1 aliphatic heterocycles. The van der Waals surface area contributed by atoms with Gasteiger partial charge in [0.25, 0.3) is 5.92 Å². The Bertz CT molecular complexity index is 1250. The third kappa shape index (κ3) is 5.07. The molecule has 1 aromatic heterocycles. The summed E-state index contributed by atoms with van der Waals surface area (Å²) in [5, 5.41) is 6.74. The quantitative estimate of drug-likeness (QED) is 0.468. The molecule has 33 heavy (non-hydrogen) atoms. The van der Waals surface area contributed by atoms with Gasteiger partial charge in [-0.1, -0.05) is 11.6 Å². The van der Waals surface area contributed by atoms with Crippen molar-refractivity contribution < 1.29 is 23.0 Å². The molecule has 0 bridgehead atoms. The SMILES string of the molecule is COc1cc2nccc(Oc3ccc(NC(=S)N4CC(F)(F)C4)c(Cl)c3)c2cc1NC(C)=O. The van der Waals surface area contributed by atoms with E-state index in [1.165, 1.54) is 18.9 Å². The molecule has 4 rings (SSSR count). The Hall–Kier alpha value is -3.24. The summed E-state index contributed by atoms with van der Waals surface area (Å²) >= 11 is 11.5. The zero-order valence-electron chi connectivity index (χ0n) is 17.6. The number of likely N-dealkylation sites (tertiary alicyclic amines) is 1. The zero-order chi connectivity index (χ0) is 23.8. The van der Waals surface area contributed by atoms with E-state index in [1.807, 2.05) is 0 Å². The highest BCUT2D eigenvalue weighted by atomic mass is 35.5. The van der Waals surface area contributed by atoms with Crippen LogP contribution in [0.5, 0.6) is 17.2 Å². The van der Waals surface area contributed by atoms with E-state index in [9.17, 15) is 13.6 Å². The molecule has 1 saturated heterocycles. The van der Waals surface area contributed by atoms with Gasteiger partial charge in [-0.3, -0.25) is 9.78 Å². The molecule has 0 saturated carbocycles. The molecule has 2 heterocycles. The fraction of sp³-hybridized carbons (Fsp3) is 0.227. The number of amides is 1. The minimum atomic E-state index is -2.72. The number of nitrogens with one attached hydrogen (secondary N) is 2. The van der Waals surface area contributed by atoms with Crippen LogP contribution < -0.4 is 20.1 Å². The molecule has 0 radical (unpaired) electrons. The minimum Gasteiger partial charge on any atom is -0.494 e. The average Bonchev–Trinajstić information content (AvgIpc) is 2.73. The number of fused-ring (bicyclic) bond motifs is 1. The summed E-state index contributed by atoms with van der Waals surface area (Å²) in [5.74, 6) is -1.56. The first-order valence-corrected chi connectivity index (χ1v) is 10.6. The molecule has 0 atom stereocenters. The van der Waals surface area contributed by atoms with Crippen molar-refractivity contribution in [2.45, 2.75) is 12.8 Å². The highest BCUT2D eigenvalue weighted by Crippen LogP contribution is 2.37. The Morgan fingerprint density at radius 1 is 1.15 bits per heavy atom. The number of anilines is 2. The lowest BCUT2D eigenvalue weighted by atomic mass is 10.1. The number of nitrogens with zero attached hydrogens (tertiary/aromatic N) is 2. The first kappa shape index (κ1) is 22.9. The van der Waals surface area contributed by atoms with Crippen LogP contribution in [0.4, 0.5) is 20.2 Å². The number of thiocarbonyl (C=S) groups is 1. The van der Waals surface area contributed by atoms with Crippen LogP contribution in [0.25, 0.3) is 10.9 Å². The van der Waals surface area contributed by atoms with Gasteiger partial charge in [-0.05, 0) is 36.5 Å². The second-order valence-electron chi connectivity index (χ2n) is 7.45. The number of pyridine rings is 1. The summed E-state index contributed by atoms with van der Waals surface area (Å²) in [7, 11) is 1.50. The Morgan fingerprint density at radius 2 is 1.91 bits per heavy atom. The van der Waals surface area contributed by atoms with E-state index in [-0.39, 0.29) is 11.0 Å². The molecule has 3 aromatic rings. The van der Waals surface area contributed by atoms with Crippen LogP contribution >= 0.6 is 23.8 Å². The maximum atomic E-state index is 13.1. The van der Waals surface area contributed by atoms with Gasteiger partial charge in [0.1, 0.15) is 17.2 Å². The summed E-state index contributed by atoms with van der Waals surface area (Å²) in [6.45, 7) is 0.567. The molecule has 1 fully saturated rings. The van der Waals surface area contributed by atoms with Gasteiger partial charge < -0.3 is 25.0 Å². The number of hydrogen-bond donors (Lipinski definition) is 2. The van der Waals surface area contributed by atoms with Crippen LogP contribution in [-0.4, -0.2) is 47.0 Å². The maximum Gasteiger partial charge on any atom is 0.282 e. The molecule has 172 valence electrons. The van der Waals surface area contributed by atoms with E-state index in [0.29, 0.717) is 44.5 Å². The van der Waals surface area contributed by atoms with Crippen molar-refractivity contribution in [3.63, 3.8) is 0 Å². The van der Waals surface area contributed by atoms with E-state index in [4.69, 9.17) is 33.3 Å². The normalized spacial score (nSPS) is 14.4. The number of methoxy groups -OCH3 is 1. The van der Waals surface area contributed by atoms with E-state index >= 15 is 0 Å². The van der Waals surface area contributed by atoms with Gasteiger partial charge in [-0.25, -0.2) is 8.78 Å². The van der Waals surface area contributed by atoms with Crippen LogP contribution in [0.2, 0.25) is 5.02 Å². The molecular formula is C22H19ClF2N4O3S. The molecule has 0 unspecified atom stereocenters. The highest BCUT2D eigenvalue weighted by Gasteiger charge is 2.45. The van der Waals surface area contributed by atoms with Crippen molar-refractivity contribution in [3.8, 4) is 17.2 Å². The smallest absolute Gasteiger partial charge is 0.282 e. The minimum absolute atomic E-state index is 0.177. The van der Waals surface area contributed by atoms with Crippen LogP contribution in [0.15, 0.2) is 42.6 Å². The summed E-state index contributed by atoms with van der Waals surface area (Å²) in [6.07, 6.45) is 1.59. The number of benzene rings is 2. The number of rotatable bonds is 5. The number of alkyl halides is 2. The fourth-order valence-electron chi connectivity index (χ4n) is 3.33. The maximum absolute atomic E-state index is 13.1. The van der Waals surface area contributed by atoms with Gasteiger partial charge in [0, 0.05) is 30.6 Å². The third-order valence-electron chi connectivity index (χ3n) is 4.88. The van der Waals surface area contributed by atoms with Crippen molar-refractivity contribution in [2.24, 2.45) is 0 Å². The van der Waals surface area contributed by atoms with Gasteiger partial charge in [0.15, 0.2) is 5.11 Å². The molecule has 1 amide bonds. The molecule has 0 spiro atoms. The van der Waals surface area contributed by atoms with E-state index in [0.717, 1.165) is 0 Å². The molecule has 1 aliphatic rings. The van der Waals surface area contributed by atoms with Crippen LogP contribution in [0.3, 0.4) is 0 Å². The highest BCUT2D eigenvalue weighted by molar-refractivity contribution is 7.80. The summed E-state index contributed by atoms with van der Waals surface area (Å²) < 4.78 is 37.5. The number of aromatic nitrogens is 1. The number of ether oxygens (including phenoxy) is 2. The topological polar surface area (TPSA) is 75.7 Å². The monoisotopic (exact) mass is 492 g/mol. The fourth-order valence-corrected chi connectivity index (χ4v) is 3.79. The van der Waals surface area contributed by atoms with E-state index in [2.05, 4.69) is 15.6 Å². The van der Waals surface area contributed by atoms with Crippen molar-refractivity contribution in [2.75, 3.05) is 30.8 Å². The molecule has 2 N–H and O–H groups in total. The molecule has 7 nitrogen and oxygen atoms in total. The lowest BCUT2D eigenvalue weighted by molar-refractivity contribution is -0.114. The Balaban J connectivity index is 1.56. The predicted octanol–water partition coefficient (Wildman–Crippen LogP) is 5.30. The number of halogens is 3. The van der Waals surface area contributed by atoms with Gasteiger partial charge >= 0.3 is 0 Å². The van der Waals surface area contributed by atoms with Crippen molar-refractivity contribution in [3.05, 3.63) is 47.6 Å². The first-order valence-electron chi connectivity index (χ1n) is 9.81. The standard InChI is InChI=1S/C22H19ClF2N4O3S/c1-12(30)27-18-8-14-17(9-20(18)31-2)26-6-5-19(14)32-13-3-4-16(15(23)7-13)28-21(33)29-10-22(24,25)11-29/h3-9H,10-11H2,1-2H3,(H,27,30)(H,28,33). The van der Waals surface area contributed by atoms with Gasteiger partial charge in [-0.2, -0.15) is 0 Å². The lowest BCUT2D eigenvalue weighted by Gasteiger charge is -2.40. The first-order chi connectivity index (χ1) is 15.6. The van der Waals surface area contributed by atoms with Gasteiger partial charge in [0.2, 0.25) is 5.91 Å². The van der Waals surface area contributed by atoms with Crippen LogP contribution in [-0.2, 0) is 4.79 Å². The second kappa shape index (κ2) is 8.95. The largest absolute Gasteiger partial charge is 0.494 e. The van der Waals surface area contributed by atoms with Gasteiger partial charge in [0.05, 0.1) is 42.1 Å². The molecular weight excluding hydrogens is 474 g/mol. The Kier molecular flexibility index (Phi) is 6.22. The average molecular weight is 493 g/mol.